The monoisotopic (exact) mass is 415 g/mol. The Hall–Kier alpha value is -3.60. The molecule has 0 saturated heterocycles. The van der Waals surface area contributed by atoms with Crippen molar-refractivity contribution in [2.24, 2.45) is 0 Å². The molecule has 1 aliphatic heterocycles. The summed E-state index contributed by atoms with van der Waals surface area (Å²) >= 11 is 0. The van der Waals surface area contributed by atoms with Gasteiger partial charge in [0, 0.05) is 25.1 Å². The van der Waals surface area contributed by atoms with Crippen LogP contribution in [0.5, 0.6) is 5.75 Å². The molecule has 158 valence electrons. The van der Waals surface area contributed by atoms with E-state index in [0.717, 1.165) is 16.3 Å². The highest BCUT2D eigenvalue weighted by Crippen LogP contribution is 2.26. The summed E-state index contributed by atoms with van der Waals surface area (Å²) in [5.41, 5.74) is 1.75. The molecule has 5 nitrogen and oxygen atoms in total. The van der Waals surface area contributed by atoms with Crippen molar-refractivity contribution in [1.29, 1.82) is 0 Å². The van der Waals surface area contributed by atoms with Gasteiger partial charge in [-0.25, -0.2) is 0 Å². The topological polar surface area (TPSA) is 66.8 Å². The van der Waals surface area contributed by atoms with Crippen LogP contribution in [0.15, 0.2) is 84.4 Å². The van der Waals surface area contributed by atoms with Crippen molar-refractivity contribution in [1.82, 2.24) is 4.90 Å². The predicted octanol–water partition coefficient (Wildman–Crippen LogP) is 4.92. The van der Waals surface area contributed by atoms with Crippen LogP contribution in [0.2, 0.25) is 0 Å². The first-order chi connectivity index (χ1) is 15.1. The third-order valence-corrected chi connectivity index (χ3v) is 5.61. The first kappa shape index (κ1) is 20.7. The number of hydrogen-bond acceptors (Lipinski definition) is 3. The second-order valence-electron chi connectivity index (χ2n) is 7.66. The number of ether oxygens (including phenoxy) is 1. The molecule has 1 unspecified atom stereocenters. The van der Waals surface area contributed by atoms with Crippen LogP contribution >= 0.6 is 0 Å². The van der Waals surface area contributed by atoms with E-state index in [-0.39, 0.29) is 18.4 Å². The number of fused-ring (bicyclic) bond motifs is 1. The summed E-state index contributed by atoms with van der Waals surface area (Å²) < 4.78 is 6.11. The fraction of sp³-hybridized carbons (Fsp3) is 0.231. The van der Waals surface area contributed by atoms with E-state index in [1.165, 1.54) is 0 Å². The molecule has 1 N–H and O–H groups in total. The highest BCUT2D eigenvalue weighted by atomic mass is 16.5. The molecule has 1 heterocycles. The van der Waals surface area contributed by atoms with Gasteiger partial charge in [0.05, 0.1) is 0 Å². The van der Waals surface area contributed by atoms with Crippen LogP contribution in [0, 0.1) is 0 Å². The third-order valence-electron chi connectivity index (χ3n) is 5.61. The Labute approximate surface area is 181 Å². The smallest absolute Gasteiger partial charge is 0.303 e. The van der Waals surface area contributed by atoms with Gasteiger partial charge in [-0.15, -0.1) is 0 Å². The lowest BCUT2D eigenvalue weighted by atomic mass is 9.97. The molecule has 31 heavy (non-hydrogen) atoms. The Morgan fingerprint density at radius 3 is 2.45 bits per heavy atom. The predicted molar refractivity (Wildman–Crippen MR) is 120 cm³/mol. The van der Waals surface area contributed by atoms with Gasteiger partial charge in [-0.2, -0.15) is 0 Å². The van der Waals surface area contributed by atoms with Crippen molar-refractivity contribution in [3.63, 3.8) is 0 Å². The summed E-state index contributed by atoms with van der Waals surface area (Å²) in [6.07, 6.45) is 2.80. The number of para-hydroxylation sites is 1. The Morgan fingerprint density at radius 2 is 1.71 bits per heavy atom. The second kappa shape index (κ2) is 9.47. The fourth-order valence-corrected chi connectivity index (χ4v) is 3.98. The number of benzene rings is 3. The van der Waals surface area contributed by atoms with Gasteiger partial charge in [0.25, 0.3) is 5.91 Å². The molecule has 0 radical (unpaired) electrons. The second-order valence-corrected chi connectivity index (χ2v) is 7.66. The van der Waals surface area contributed by atoms with Crippen LogP contribution in [-0.2, 0) is 4.79 Å². The number of carboxylic acids is 1. The normalized spacial score (nSPS) is 14.7. The maximum atomic E-state index is 13.2. The molecule has 0 aliphatic carbocycles. The molecular weight excluding hydrogens is 390 g/mol. The van der Waals surface area contributed by atoms with Crippen LogP contribution in [0.1, 0.15) is 29.6 Å². The number of rotatable bonds is 7. The van der Waals surface area contributed by atoms with Crippen molar-refractivity contribution in [2.45, 2.75) is 25.4 Å². The first-order valence-corrected chi connectivity index (χ1v) is 10.5. The minimum atomic E-state index is -0.842. The summed E-state index contributed by atoms with van der Waals surface area (Å²) in [7, 11) is 0. The van der Waals surface area contributed by atoms with Gasteiger partial charge < -0.3 is 14.7 Å². The van der Waals surface area contributed by atoms with E-state index in [4.69, 9.17) is 9.84 Å². The Kier molecular flexibility index (Phi) is 6.32. The number of aliphatic carboxylic acids is 1. The summed E-state index contributed by atoms with van der Waals surface area (Å²) in [5, 5.41) is 11.1. The van der Waals surface area contributed by atoms with E-state index in [1.807, 2.05) is 83.8 Å². The minimum absolute atomic E-state index is 0.0122. The zero-order valence-electron chi connectivity index (χ0n) is 17.2. The number of carbonyl (C=O) groups excluding carboxylic acids is 1. The molecule has 3 aromatic rings. The molecule has 1 atom stereocenters. The number of hydrogen-bond donors (Lipinski definition) is 1. The zero-order valence-corrected chi connectivity index (χ0v) is 17.2. The van der Waals surface area contributed by atoms with E-state index in [1.54, 1.807) is 0 Å². The summed E-state index contributed by atoms with van der Waals surface area (Å²) in [4.78, 5) is 26.1. The van der Waals surface area contributed by atoms with E-state index in [0.29, 0.717) is 37.2 Å². The Bertz CT molecular complexity index is 1100. The standard InChI is InChI=1S/C26H25NO4/c28-25(29)14-13-24(31-21-9-2-1-3-10-21)20-15-17-27(18-16-20)26(30)23-12-6-8-19-7-4-5-11-22(19)23/h1-12,15,24H,13-14,16-18H2,(H,28,29). The van der Waals surface area contributed by atoms with Gasteiger partial charge in [0.1, 0.15) is 11.9 Å². The van der Waals surface area contributed by atoms with Crippen molar-refractivity contribution in [3.8, 4) is 5.75 Å². The van der Waals surface area contributed by atoms with Crippen molar-refractivity contribution >= 4 is 22.6 Å². The molecule has 3 aromatic carbocycles. The van der Waals surface area contributed by atoms with Gasteiger partial charge in [0.2, 0.25) is 0 Å². The lowest BCUT2D eigenvalue weighted by molar-refractivity contribution is -0.137. The quantitative estimate of drug-likeness (QED) is 0.556. The lowest BCUT2D eigenvalue weighted by Crippen LogP contribution is -2.37. The summed E-state index contributed by atoms with van der Waals surface area (Å²) in [5.74, 6) is -0.114. The van der Waals surface area contributed by atoms with Gasteiger partial charge in [-0.05, 0) is 47.4 Å². The largest absolute Gasteiger partial charge is 0.486 e. The molecule has 5 heteroatoms. The highest BCUT2D eigenvalue weighted by molar-refractivity contribution is 6.07. The zero-order chi connectivity index (χ0) is 21.6. The van der Waals surface area contributed by atoms with Gasteiger partial charge in [-0.1, -0.05) is 60.7 Å². The molecule has 1 aliphatic rings. The number of amides is 1. The van der Waals surface area contributed by atoms with Crippen LogP contribution in [0.25, 0.3) is 10.8 Å². The van der Waals surface area contributed by atoms with Crippen LogP contribution in [0.4, 0.5) is 0 Å². The molecule has 0 aromatic heterocycles. The molecular formula is C26H25NO4. The van der Waals surface area contributed by atoms with E-state index < -0.39 is 5.97 Å². The van der Waals surface area contributed by atoms with Gasteiger partial charge in [0.15, 0.2) is 0 Å². The minimum Gasteiger partial charge on any atom is -0.486 e. The fourth-order valence-electron chi connectivity index (χ4n) is 3.98. The molecule has 4 rings (SSSR count). The van der Waals surface area contributed by atoms with Crippen LogP contribution < -0.4 is 4.74 Å². The molecule has 0 spiro atoms. The maximum absolute atomic E-state index is 13.2. The summed E-state index contributed by atoms with van der Waals surface area (Å²) in [6.45, 7) is 1.06. The van der Waals surface area contributed by atoms with Crippen LogP contribution in [0.3, 0.4) is 0 Å². The number of carbonyl (C=O) groups is 2. The highest BCUT2D eigenvalue weighted by Gasteiger charge is 2.25. The molecule has 0 saturated carbocycles. The summed E-state index contributed by atoms with van der Waals surface area (Å²) in [6, 6.07) is 23.1. The van der Waals surface area contributed by atoms with Crippen molar-refractivity contribution in [2.75, 3.05) is 13.1 Å². The molecule has 0 bridgehead atoms. The molecule has 0 fully saturated rings. The van der Waals surface area contributed by atoms with Gasteiger partial charge in [-0.3, -0.25) is 9.59 Å². The SMILES string of the molecule is O=C(O)CCC(Oc1ccccc1)C1=CCN(C(=O)c2cccc3ccccc23)CC1. The first-order valence-electron chi connectivity index (χ1n) is 10.5. The third kappa shape index (κ3) is 4.94. The Balaban J connectivity index is 1.50. The average Bonchev–Trinajstić information content (AvgIpc) is 2.81. The average molecular weight is 415 g/mol. The van der Waals surface area contributed by atoms with E-state index >= 15 is 0 Å². The number of nitrogens with zero attached hydrogens (tertiary/aromatic N) is 1. The Morgan fingerprint density at radius 1 is 0.968 bits per heavy atom. The van der Waals surface area contributed by atoms with E-state index in [2.05, 4.69) is 0 Å². The van der Waals surface area contributed by atoms with Crippen molar-refractivity contribution in [3.05, 3.63) is 90.0 Å². The molecule has 1 amide bonds. The van der Waals surface area contributed by atoms with Crippen LogP contribution in [-0.4, -0.2) is 41.1 Å². The van der Waals surface area contributed by atoms with Gasteiger partial charge >= 0.3 is 5.97 Å². The maximum Gasteiger partial charge on any atom is 0.303 e. The lowest BCUT2D eigenvalue weighted by Gasteiger charge is -2.30. The van der Waals surface area contributed by atoms with Crippen molar-refractivity contribution < 1.29 is 19.4 Å². The number of carboxylic acid groups (broad SMARTS) is 1. The van der Waals surface area contributed by atoms with E-state index in [9.17, 15) is 9.59 Å².